The normalized spacial score (nSPS) is 19.7. The highest BCUT2D eigenvalue weighted by molar-refractivity contribution is 6.26. The number of hydrogen-bond acceptors (Lipinski definition) is 3. The van der Waals surface area contributed by atoms with E-state index >= 15 is 0 Å². The lowest BCUT2D eigenvalue weighted by Crippen LogP contribution is -2.06. The number of aromatic nitrogens is 5. The Hall–Kier alpha value is -7.63. The molecule has 0 aliphatic rings. The zero-order chi connectivity index (χ0) is 63.7. The molecule has 0 fully saturated rings. The molecule has 0 atom stereocenters. The van der Waals surface area contributed by atoms with Crippen molar-refractivity contribution in [2.24, 2.45) is 0 Å². The van der Waals surface area contributed by atoms with E-state index in [1.54, 1.807) is 0 Å². The molecule has 56 heavy (non-hydrogen) atoms. The second kappa shape index (κ2) is 11.9. The average molecular weight is 745 g/mol. The predicted octanol–water partition coefficient (Wildman–Crippen LogP) is 12.9. The first kappa shape index (κ1) is 13.3. The minimum absolute atomic E-state index is 0.513. The quantitative estimate of drug-likeness (QED) is 0.169. The van der Waals surface area contributed by atoms with Crippen LogP contribution in [0.15, 0.2) is 187 Å². The molecule has 12 rings (SSSR count). The monoisotopic (exact) mass is 744 g/mol. The highest BCUT2D eigenvalue weighted by Crippen LogP contribution is 2.41. The smallest absolute Gasteiger partial charge is 0.238 e. The summed E-state index contributed by atoms with van der Waals surface area (Å²) in [5.41, 5.74) is -5.35. The first-order chi connectivity index (χ1) is 40.7. The molecule has 12 aromatic rings. The SMILES string of the molecule is [2H]c1c([2H])c([2H])c(-c2nc(-c3c([2H])c([2H])c([2H])c([2H])c3[2H])nc(-n3c4c([2H])c([2H])c([2H])c([2H])c4c4c([2H])c5c6c([2H])c([2H])c([2H])c([2H])c6n(-c6c([2H])c([2H])c7c8c([2H])c([2H])c([2H])c([2H])c8c8c([2H])c([2H])c([2H])c([2H])c8c7c6[2H])c5c([2H])c43)n2)c([2H])c1[2H]. The second-order valence-corrected chi connectivity index (χ2v) is 12.1. The van der Waals surface area contributed by atoms with E-state index in [2.05, 4.69) is 15.0 Å². The molecule has 3 heterocycles. The largest absolute Gasteiger partial charge is 0.309 e. The van der Waals surface area contributed by atoms with Gasteiger partial charge in [0.1, 0.15) is 0 Å². The standard InChI is InChI=1S/C51H31N5/c1-3-15-32(16-4-1)49-52-50(33-17-5-2-6-18-33)54-51(53-49)56-46-26-14-12-24-41(46)44-30-43-40-23-11-13-25-45(40)55(47(43)31-48(44)56)34-27-28-39-37-21-8-7-19-35(37)36-20-9-10-22-38(36)42(39)29-34/h1-31H/i1D,2D,3D,4D,5D,6D,7D,8D,9D,10D,11D,12D,13D,14D,15D,16D,17D,18D,19D,20D,21D,22D,23D,24D,25D,26D,27D,28D,29D,30D,31D. The van der Waals surface area contributed by atoms with Gasteiger partial charge in [-0.15, -0.1) is 0 Å². The minimum atomic E-state index is -1.07. The van der Waals surface area contributed by atoms with Gasteiger partial charge < -0.3 is 4.57 Å². The molecule has 0 saturated carbocycles. The third kappa shape index (κ3) is 4.52. The fourth-order valence-corrected chi connectivity index (χ4v) is 6.80. The number of para-hydroxylation sites is 2. The van der Waals surface area contributed by atoms with Crippen LogP contribution in [0, 0.1) is 0 Å². The van der Waals surface area contributed by atoms with E-state index in [1.165, 1.54) is 0 Å². The van der Waals surface area contributed by atoms with Crippen molar-refractivity contribution < 1.29 is 42.5 Å². The van der Waals surface area contributed by atoms with E-state index in [4.69, 9.17) is 28.8 Å². The Kier molecular flexibility index (Phi) is 2.83. The number of rotatable bonds is 4. The van der Waals surface area contributed by atoms with E-state index in [9.17, 15) is 13.7 Å². The molecular formula is C51H31N5. The van der Waals surface area contributed by atoms with Crippen molar-refractivity contribution in [2.45, 2.75) is 0 Å². The van der Waals surface area contributed by atoms with Gasteiger partial charge in [0.25, 0.3) is 0 Å². The van der Waals surface area contributed by atoms with Crippen LogP contribution in [0.5, 0.6) is 0 Å². The Bertz CT molecular complexity index is 5170. The van der Waals surface area contributed by atoms with Gasteiger partial charge in [0.15, 0.2) is 11.6 Å². The predicted molar refractivity (Wildman–Crippen MR) is 232 cm³/mol. The molecule has 0 unspecified atom stereocenters. The maximum absolute atomic E-state index is 10.5. The Labute approximate surface area is 364 Å². The molecule has 260 valence electrons. The summed E-state index contributed by atoms with van der Waals surface area (Å²) >= 11 is 0. The van der Waals surface area contributed by atoms with Crippen molar-refractivity contribution in [3.8, 4) is 34.4 Å². The molecule has 5 nitrogen and oxygen atoms in total. The number of nitrogens with zero attached hydrogens (tertiary/aromatic N) is 5. The number of hydrogen-bond donors (Lipinski definition) is 0. The van der Waals surface area contributed by atoms with Gasteiger partial charge in [-0.3, -0.25) is 4.57 Å². The van der Waals surface area contributed by atoms with Gasteiger partial charge in [-0.05, 0) is 68.6 Å². The van der Waals surface area contributed by atoms with Gasteiger partial charge >= 0.3 is 0 Å². The first-order valence-electron chi connectivity index (χ1n) is 31.9. The third-order valence-electron chi connectivity index (χ3n) is 9.11. The second-order valence-electron chi connectivity index (χ2n) is 12.1. The fraction of sp³-hybridized carbons (Fsp3) is 0. The Morgan fingerprint density at radius 2 is 0.732 bits per heavy atom. The van der Waals surface area contributed by atoms with Crippen molar-refractivity contribution in [2.75, 3.05) is 0 Å². The lowest BCUT2D eigenvalue weighted by molar-refractivity contribution is 0.953. The van der Waals surface area contributed by atoms with Gasteiger partial charge in [0.05, 0.1) is 64.6 Å². The van der Waals surface area contributed by atoms with Crippen LogP contribution < -0.4 is 0 Å². The topological polar surface area (TPSA) is 48.5 Å². The molecular weight excluding hydrogens is 683 g/mol. The van der Waals surface area contributed by atoms with Gasteiger partial charge in [0.2, 0.25) is 5.95 Å². The molecule has 0 bridgehead atoms. The van der Waals surface area contributed by atoms with Gasteiger partial charge in [-0.2, -0.15) is 9.97 Å². The number of fused-ring (bicyclic) bond motifs is 12. The highest BCUT2D eigenvalue weighted by atomic mass is 15.2. The molecule has 0 radical (unpaired) electrons. The summed E-state index contributed by atoms with van der Waals surface area (Å²) in [7, 11) is 0. The van der Waals surface area contributed by atoms with E-state index in [-0.39, 0.29) is 0 Å². The van der Waals surface area contributed by atoms with Gasteiger partial charge in [-0.25, -0.2) is 4.98 Å². The fourth-order valence-electron chi connectivity index (χ4n) is 6.80. The summed E-state index contributed by atoms with van der Waals surface area (Å²) in [4.78, 5) is 13.2. The van der Waals surface area contributed by atoms with Crippen LogP contribution in [0.1, 0.15) is 42.5 Å². The molecule has 0 aliphatic carbocycles. The van der Waals surface area contributed by atoms with Crippen molar-refractivity contribution >= 4 is 75.9 Å². The Morgan fingerprint density at radius 1 is 0.304 bits per heavy atom. The zero-order valence-corrected chi connectivity index (χ0v) is 27.7. The van der Waals surface area contributed by atoms with Crippen molar-refractivity contribution in [3.63, 3.8) is 0 Å². The van der Waals surface area contributed by atoms with Crippen LogP contribution >= 0.6 is 0 Å². The highest BCUT2D eigenvalue weighted by Gasteiger charge is 2.21. The lowest BCUT2D eigenvalue weighted by atomic mass is 9.94. The van der Waals surface area contributed by atoms with Crippen LogP contribution in [-0.4, -0.2) is 24.1 Å². The Balaban J connectivity index is 1.38. The van der Waals surface area contributed by atoms with Gasteiger partial charge in [-0.1, -0.05) is 151 Å². The summed E-state index contributed by atoms with van der Waals surface area (Å²) in [6.07, 6.45) is 0. The molecule has 3 aromatic heterocycles. The molecule has 9 aromatic carbocycles. The van der Waals surface area contributed by atoms with E-state index in [1.807, 2.05) is 0 Å². The lowest BCUT2D eigenvalue weighted by Gasteiger charge is -2.14. The maximum Gasteiger partial charge on any atom is 0.238 e. The summed E-state index contributed by atoms with van der Waals surface area (Å²) < 4.78 is 283. The molecule has 0 aliphatic heterocycles. The summed E-state index contributed by atoms with van der Waals surface area (Å²) in [6.45, 7) is 0. The van der Waals surface area contributed by atoms with E-state index in [0.29, 0.717) is 0 Å². The average Bonchev–Trinajstić information content (AvgIpc) is 1.64. The molecule has 0 spiro atoms. The molecule has 0 N–H and O–H groups in total. The Morgan fingerprint density at radius 3 is 1.29 bits per heavy atom. The summed E-state index contributed by atoms with van der Waals surface area (Å²) in [5.74, 6) is -2.72. The van der Waals surface area contributed by atoms with Crippen LogP contribution in [0.3, 0.4) is 0 Å². The van der Waals surface area contributed by atoms with Crippen LogP contribution in [-0.2, 0) is 0 Å². The van der Waals surface area contributed by atoms with Crippen LogP contribution in [0.4, 0.5) is 0 Å². The number of benzene rings is 9. The third-order valence-corrected chi connectivity index (χ3v) is 9.11. The molecule has 5 heteroatoms. The van der Waals surface area contributed by atoms with E-state index in [0.717, 1.165) is 9.13 Å². The minimum Gasteiger partial charge on any atom is -0.309 e. The van der Waals surface area contributed by atoms with Crippen LogP contribution in [0.25, 0.3) is 110 Å². The van der Waals surface area contributed by atoms with Crippen molar-refractivity contribution in [1.82, 2.24) is 24.1 Å². The molecule has 0 amide bonds. The van der Waals surface area contributed by atoms with Crippen molar-refractivity contribution in [3.05, 3.63) is 187 Å². The van der Waals surface area contributed by atoms with Gasteiger partial charge in [0, 0.05) is 38.4 Å². The van der Waals surface area contributed by atoms with Crippen LogP contribution in [0.2, 0.25) is 0 Å². The summed E-state index contributed by atoms with van der Waals surface area (Å²) in [5, 5.41) is -5.94. The summed E-state index contributed by atoms with van der Waals surface area (Å²) in [6, 6.07) is -28.7. The van der Waals surface area contributed by atoms with Crippen molar-refractivity contribution in [1.29, 1.82) is 0 Å². The molecule has 0 saturated heterocycles. The maximum atomic E-state index is 10.5. The zero-order valence-electron chi connectivity index (χ0n) is 58.7. The van der Waals surface area contributed by atoms with E-state index < -0.39 is 298 Å². The first-order valence-corrected chi connectivity index (χ1v) is 16.4.